The number of thiazole rings is 1. The maximum atomic E-state index is 13.4. The van der Waals surface area contributed by atoms with E-state index in [2.05, 4.69) is 4.98 Å². The van der Waals surface area contributed by atoms with E-state index < -0.39 is 34.7 Å². The fourth-order valence-electron chi connectivity index (χ4n) is 3.63. The monoisotopic (exact) mass is 445 g/mol. The molecule has 30 heavy (non-hydrogen) atoms. The van der Waals surface area contributed by atoms with E-state index in [0.29, 0.717) is 21.2 Å². The first kappa shape index (κ1) is 20.4. The molecule has 0 unspecified atom stereocenters. The minimum absolute atomic E-state index is 0.220. The van der Waals surface area contributed by atoms with Crippen molar-refractivity contribution in [2.45, 2.75) is 16.2 Å². The number of fused-ring (bicyclic) bond motifs is 1. The second-order valence-corrected chi connectivity index (χ2v) is 8.90. The lowest BCUT2D eigenvalue weighted by Gasteiger charge is -2.34. The van der Waals surface area contributed by atoms with Gasteiger partial charge in [-0.05, 0) is 42.0 Å². The molecule has 9 heteroatoms. The van der Waals surface area contributed by atoms with Gasteiger partial charge in [0.05, 0.1) is 18.1 Å². The van der Waals surface area contributed by atoms with Gasteiger partial charge < -0.3 is 14.8 Å². The summed E-state index contributed by atoms with van der Waals surface area (Å²) >= 11 is 1.93. The zero-order valence-electron chi connectivity index (χ0n) is 15.6. The minimum atomic E-state index is -1.16. The number of benzene rings is 2. The van der Waals surface area contributed by atoms with E-state index in [0.717, 1.165) is 23.1 Å². The minimum Gasteiger partial charge on any atom is -0.497 e. The summed E-state index contributed by atoms with van der Waals surface area (Å²) in [5, 5.41) is 9.23. The standard InChI is InChI=1S/C21H16FNO5S2/c1-28-13-8-4-10(5-9-13)14-15(16(24)11-2-6-12(22)7-3-11)18(20(25)26)29-19-17(14)30-21(27)23-19/h2-9,14-15,18H,1H3,(H,23,27)(H,25,26)/t14-,15-,18-/m0/s1. The van der Waals surface area contributed by atoms with Gasteiger partial charge in [0, 0.05) is 16.4 Å². The third-order valence-corrected chi connectivity index (χ3v) is 7.41. The molecule has 1 aliphatic heterocycles. The van der Waals surface area contributed by atoms with Crippen LogP contribution in [0.25, 0.3) is 0 Å². The summed E-state index contributed by atoms with van der Waals surface area (Å²) in [6, 6.07) is 12.0. The summed E-state index contributed by atoms with van der Waals surface area (Å²) in [6.07, 6.45) is 0. The highest BCUT2D eigenvalue weighted by Gasteiger charge is 2.47. The first-order chi connectivity index (χ1) is 14.4. The molecule has 4 rings (SSSR count). The van der Waals surface area contributed by atoms with Crippen LogP contribution in [0.2, 0.25) is 0 Å². The third-order valence-electron chi connectivity index (χ3n) is 5.00. The molecule has 1 aromatic heterocycles. The van der Waals surface area contributed by atoms with Crippen molar-refractivity contribution in [2.75, 3.05) is 7.11 Å². The lowest BCUT2D eigenvalue weighted by atomic mass is 9.78. The summed E-state index contributed by atoms with van der Waals surface area (Å²) in [4.78, 5) is 40.6. The highest BCUT2D eigenvalue weighted by molar-refractivity contribution is 8.00. The zero-order valence-corrected chi connectivity index (χ0v) is 17.3. The number of halogens is 1. The average Bonchev–Trinajstić information content (AvgIpc) is 3.12. The van der Waals surface area contributed by atoms with Gasteiger partial charge in [0.2, 0.25) is 0 Å². The lowest BCUT2D eigenvalue weighted by Crippen LogP contribution is -2.39. The Labute approximate surface area is 178 Å². The zero-order chi connectivity index (χ0) is 21.4. The van der Waals surface area contributed by atoms with Crippen LogP contribution in [0.1, 0.15) is 26.7 Å². The highest BCUT2D eigenvalue weighted by atomic mass is 32.2. The van der Waals surface area contributed by atoms with E-state index in [9.17, 15) is 23.9 Å². The average molecular weight is 445 g/mol. The van der Waals surface area contributed by atoms with Gasteiger partial charge in [-0.2, -0.15) is 0 Å². The number of aliphatic carboxylic acids is 1. The van der Waals surface area contributed by atoms with Crippen LogP contribution < -0.4 is 9.61 Å². The van der Waals surface area contributed by atoms with Crippen LogP contribution >= 0.6 is 23.1 Å². The van der Waals surface area contributed by atoms with Crippen LogP contribution in [0, 0.1) is 11.7 Å². The van der Waals surface area contributed by atoms with Crippen molar-refractivity contribution in [3.63, 3.8) is 0 Å². The normalized spacial score (nSPS) is 20.4. The number of nitrogens with one attached hydrogen (secondary N) is 1. The van der Waals surface area contributed by atoms with Crippen molar-refractivity contribution in [3.8, 4) is 5.75 Å². The van der Waals surface area contributed by atoms with E-state index in [-0.39, 0.29) is 10.4 Å². The number of Topliss-reactive ketones (excluding diaryl/α,β-unsaturated/α-hetero) is 1. The van der Waals surface area contributed by atoms with Gasteiger partial charge in [0.15, 0.2) is 5.78 Å². The third kappa shape index (κ3) is 3.66. The van der Waals surface area contributed by atoms with E-state index in [1.165, 1.54) is 31.4 Å². The molecule has 0 amide bonds. The van der Waals surface area contributed by atoms with E-state index in [4.69, 9.17) is 4.74 Å². The summed E-state index contributed by atoms with van der Waals surface area (Å²) in [5.74, 6) is -3.07. The number of thioether (sulfide) groups is 1. The number of aromatic amines is 1. The van der Waals surface area contributed by atoms with Crippen LogP contribution in [-0.2, 0) is 4.79 Å². The summed E-state index contributed by atoms with van der Waals surface area (Å²) in [6.45, 7) is 0. The predicted octanol–water partition coefficient (Wildman–Crippen LogP) is 3.77. The molecule has 2 N–H and O–H groups in total. The molecule has 0 spiro atoms. The van der Waals surface area contributed by atoms with E-state index in [1.54, 1.807) is 24.3 Å². The number of carboxylic acid groups (broad SMARTS) is 1. The van der Waals surface area contributed by atoms with Gasteiger partial charge in [-0.3, -0.25) is 14.4 Å². The van der Waals surface area contributed by atoms with Crippen molar-refractivity contribution in [1.29, 1.82) is 0 Å². The first-order valence-corrected chi connectivity index (χ1v) is 10.6. The van der Waals surface area contributed by atoms with Gasteiger partial charge in [-0.25, -0.2) is 4.39 Å². The molecule has 6 nitrogen and oxygen atoms in total. The quantitative estimate of drug-likeness (QED) is 0.581. The molecular weight excluding hydrogens is 429 g/mol. The van der Waals surface area contributed by atoms with Crippen molar-refractivity contribution >= 4 is 34.9 Å². The number of hydrogen-bond donors (Lipinski definition) is 2. The highest BCUT2D eigenvalue weighted by Crippen LogP contribution is 2.50. The van der Waals surface area contributed by atoms with Crippen molar-refractivity contribution in [3.05, 3.63) is 80.0 Å². The van der Waals surface area contributed by atoms with Crippen LogP contribution in [-0.4, -0.2) is 34.2 Å². The van der Waals surface area contributed by atoms with Gasteiger partial charge in [0.1, 0.15) is 16.8 Å². The van der Waals surface area contributed by atoms with Gasteiger partial charge in [0.25, 0.3) is 0 Å². The molecule has 3 atom stereocenters. The number of carbonyl (C=O) groups excluding carboxylic acids is 1. The number of ketones is 1. The van der Waals surface area contributed by atoms with Crippen LogP contribution in [0.5, 0.6) is 5.75 Å². The number of methoxy groups -OCH3 is 1. The van der Waals surface area contributed by atoms with Crippen molar-refractivity contribution < 1.29 is 23.8 Å². The van der Waals surface area contributed by atoms with Crippen molar-refractivity contribution in [2.24, 2.45) is 5.92 Å². The summed E-state index contributed by atoms with van der Waals surface area (Å²) < 4.78 is 18.5. The smallest absolute Gasteiger partial charge is 0.317 e. The molecule has 0 saturated carbocycles. The predicted molar refractivity (Wildman–Crippen MR) is 111 cm³/mol. The largest absolute Gasteiger partial charge is 0.497 e. The van der Waals surface area contributed by atoms with Crippen LogP contribution in [0.4, 0.5) is 4.39 Å². The molecular formula is C21H16FNO5S2. The Balaban J connectivity index is 1.89. The number of ether oxygens (including phenoxy) is 1. The van der Waals surface area contributed by atoms with Gasteiger partial charge >= 0.3 is 10.8 Å². The number of H-pyrrole nitrogens is 1. The molecule has 1 aliphatic rings. The Bertz CT molecular complexity index is 1150. The van der Waals surface area contributed by atoms with E-state index >= 15 is 0 Å². The molecule has 2 heterocycles. The SMILES string of the molecule is COc1ccc([C@@H]2c3sc(=O)[nH]c3S[C@H](C(=O)O)[C@@H]2C(=O)c2ccc(F)cc2)cc1. The number of hydrogen-bond acceptors (Lipinski definition) is 6. The number of rotatable bonds is 5. The Morgan fingerprint density at radius 3 is 2.37 bits per heavy atom. The topological polar surface area (TPSA) is 96.5 Å². The second-order valence-electron chi connectivity index (χ2n) is 6.73. The van der Waals surface area contributed by atoms with Crippen molar-refractivity contribution in [1.82, 2.24) is 4.98 Å². The Morgan fingerprint density at radius 1 is 1.10 bits per heavy atom. The number of carboxylic acids is 1. The summed E-state index contributed by atoms with van der Waals surface area (Å²) in [5.41, 5.74) is 0.914. The Morgan fingerprint density at radius 2 is 1.77 bits per heavy atom. The number of aromatic nitrogens is 1. The van der Waals surface area contributed by atoms with E-state index in [1.807, 2.05) is 0 Å². The molecule has 154 valence electrons. The fraction of sp³-hybridized carbons (Fsp3) is 0.190. The second kappa shape index (κ2) is 8.08. The van der Waals surface area contributed by atoms with Crippen LogP contribution in [0.15, 0.2) is 58.4 Å². The van der Waals surface area contributed by atoms with Gasteiger partial charge in [-0.15, -0.1) is 0 Å². The summed E-state index contributed by atoms with van der Waals surface area (Å²) in [7, 11) is 1.53. The maximum absolute atomic E-state index is 13.4. The molecule has 2 aromatic carbocycles. The fourth-order valence-corrected chi connectivity index (χ4v) is 6.04. The Kier molecular flexibility index (Phi) is 5.48. The molecule has 0 radical (unpaired) electrons. The Hall–Kier alpha value is -2.91. The molecule has 0 fully saturated rings. The van der Waals surface area contributed by atoms with Gasteiger partial charge in [-0.1, -0.05) is 35.2 Å². The first-order valence-electron chi connectivity index (χ1n) is 8.95. The molecule has 0 saturated heterocycles. The molecule has 0 aliphatic carbocycles. The molecule has 0 bridgehead atoms. The maximum Gasteiger partial charge on any atom is 0.317 e. The van der Waals surface area contributed by atoms with Crippen LogP contribution in [0.3, 0.4) is 0 Å². The lowest BCUT2D eigenvalue weighted by molar-refractivity contribution is -0.137. The number of carbonyl (C=O) groups is 2. The molecule has 3 aromatic rings.